The van der Waals surface area contributed by atoms with E-state index in [1.165, 1.54) is 6.07 Å². The largest absolute Gasteiger partial charge is 0.480 e. The Morgan fingerprint density at radius 1 is 1.39 bits per heavy atom. The number of rotatable bonds is 5. The van der Waals surface area contributed by atoms with Crippen LogP contribution in [-0.4, -0.2) is 23.0 Å². The van der Waals surface area contributed by atoms with Crippen LogP contribution in [0.25, 0.3) is 0 Å². The number of nitrogens with one attached hydrogen (secondary N) is 1. The van der Waals surface area contributed by atoms with Crippen molar-refractivity contribution < 1.29 is 14.7 Å². The Bertz CT molecular complexity index is 444. The van der Waals surface area contributed by atoms with E-state index < -0.39 is 17.9 Å². The molecule has 0 saturated carbocycles. The maximum Gasteiger partial charge on any atom is 0.326 e. The van der Waals surface area contributed by atoms with E-state index in [9.17, 15) is 9.59 Å². The molecule has 98 valence electrons. The van der Waals surface area contributed by atoms with Gasteiger partial charge in [-0.15, -0.1) is 0 Å². The average molecular weight is 250 g/mol. The van der Waals surface area contributed by atoms with Crippen LogP contribution in [0.15, 0.2) is 24.3 Å². The van der Waals surface area contributed by atoms with Crippen LogP contribution in [-0.2, 0) is 4.79 Å². The summed E-state index contributed by atoms with van der Waals surface area (Å²) < 4.78 is 0. The standard InChI is InChI=1S/C13H18N2O3/c1-8(2)6-11(13(17)18)15-12(16)9-4-3-5-10(14)7-9/h3-5,7-8,11H,6,14H2,1-2H3,(H,15,16)(H,17,18)/t11-/m0/s1. The van der Waals surface area contributed by atoms with E-state index in [2.05, 4.69) is 5.32 Å². The van der Waals surface area contributed by atoms with Gasteiger partial charge in [-0.2, -0.15) is 0 Å². The molecule has 4 N–H and O–H groups in total. The van der Waals surface area contributed by atoms with Gasteiger partial charge in [0.2, 0.25) is 0 Å². The highest BCUT2D eigenvalue weighted by atomic mass is 16.4. The number of hydrogen-bond donors (Lipinski definition) is 3. The van der Waals surface area contributed by atoms with E-state index in [-0.39, 0.29) is 5.92 Å². The van der Waals surface area contributed by atoms with Crippen molar-refractivity contribution in [2.75, 3.05) is 5.73 Å². The summed E-state index contributed by atoms with van der Waals surface area (Å²) in [6.07, 6.45) is 0.392. The number of anilines is 1. The molecule has 0 unspecified atom stereocenters. The molecule has 0 spiro atoms. The Morgan fingerprint density at radius 3 is 2.56 bits per heavy atom. The highest BCUT2D eigenvalue weighted by Gasteiger charge is 2.21. The number of amides is 1. The summed E-state index contributed by atoms with van der Waals surface area (Å²) >= 11 is 0. The van der Waals surface area contributed by atoms with E-state index >= 15 is 0 Å². The van der Waals surface area contributed by atoms with Crippen LogP contribution in [0.4, 0.5) is 5.69 Å². The lowest BCUT2D eigenvalue weighted by atomic mass is 10.0. The average Bonchev–Trinajstić information content (AvgIpc) is 2.27. The lowest BCUT2D eigenvalue weighted by molar-refractivity contribution is -0.139. The Hall–Kier alpha value is -2.04. The quantitative estimate of drug-likeness (QED) is 0.690. The summed E-state index contributed by atoms with van der Waals surface area (Å²) in [7, 11) is 0. The number of aliphatic carboxylic acids is 1. The van der Waals surface area contributed by atoms with E-state index in [4.69, 9.17) is 10.8 Å². The van der Waals surface area contributed by atoms with Crippen LogP contribution in [0.1, 0.15) is 30.6 Å². The highest BCUT2D eigenvalue weighted by Crippen LogP contribution is 2.09. The third kappa shape index (κ3) is 4.08. The normalized spacial score (nSPS) is 12.2. The number of nitrogens with two attached hydrogens (primary N) is 1. The summed E-state index contributed by atoms with van der Waals surface area (Å²) in [4.78, 5) is 22.9. The van der Waals surface area contributed by atoms with E-state index in [0.717, 1.165) is 0 Å². The summed E-state index contributed by atoms with van der Waals surface area (Å²) in [5, 5.41) is 11.5. The van der Waals surface area contributed by atoms with Gasteiger partial charge < -0.3 is 16.2 Å². The monoisotopic (exact) mass is 250 g/mol. The molecule has 0 radical (unpaired) electrons. The lowest BCUT2D eigenvalue weighted by Gasteiger charge is -2.16. The number of carboxylic acid groups (broad SMARTS) is 1. The number of nitrogen functional groups attached to an aromatic ring is 1. The van der Waals surface area contributed by atoms with Gasteiger partial charge in [0.25, 0.3) is 5.91 Å². The van der Waals surface area contributed by atoms with Crippen LogP contribution < -0.4 is 11.1 Å². The molecule has 1 aromatic rings. The van der Waals surface area contributed by atoms with Crippen molar-refractivity contribution in [1.29, 1.82) is 0 Å². The SMILES string of the molecule is CC(C)C[C@H](NC(=O)c1cccc(N)c1)C(=O)O. The van der Waals surface area contributed by atoms with Crippen LogP contribution in [0.2, 0.25) is 0 Å². The molecule has 0 heterocycles. The van der Waals surface area contributed by atoms with E-state index in [0.29, 0.717) is 17.7 Å². The van der Waals surface area contributed by atoms with Crippen molar-refractivity contribution in [2.45, 2.75) is 26.3 Å². The molecular weight excluding hydrogens is 232 g/mol. The lowest BCUT2D eigenvalue weighted by Crippen LogP contribution is -2.41. The van der Waals surface area contributed by atoms with E-state index in [1.807, 2.05) is 13.8 Å². The summed E-state index contributed by atoms with van der Waals surface area (Å²) in [5.74, 6) is -1.26. The fourth-order valence-corrected chi connectivity index (χ4v) is 1.61. The third-order valence-corrected chi connectivity index (χ3v) is 2.46. The Kier molecular flexibility index (Phi) is 4.71. The van der Waals surface area contributed by atoms with Gasteiger partial charge in [-0.25, -0.2) is 4.79 Å². The molecule has 0 bridgehead atoms. The zero-order valence-corrected chi connectivity index (χ0v) is 10.5. The molecule has 1 amide bonds. The summed E-state index contributed by atoms with van der Waals surface area (Å²) in [5.41, 5.74) is 6.41. The van der Waals surface area contributed by atoms with Gasteiger partial charge in [0.1, 0.15) is 6.04 Å². The Labute approximate surface area is 106 Å². The molecule has 0 fully saturated rings. The third-order valence-electron chi connectivity index (χ3n) is 2.46. The summed E-state index contributed by atoms with van der Waals surface area (Å²) in [6.45, 7) is 3.81. The second kappa shape index (κ2) is 6.05. The minimum atomic E-state index is -1.03. The molecule has 18 heavy (non-hydrogen) atoms. The van der Waals surface area contributed by atoms with Crippen LogP contribution >= 0.6 is 0 Å². The van der Waals surface area contributed by atoms with Gasteiger partial charge >= 0.3 is 5.97 Å². The van der Waals surface area contributed by atoms with Gasteiger partial charge in [0.05, 0.1) is 0 Å². The van der Waals surface area contributed by atoms with Gasteiger partial charge in [0, 0.05) is 11.3 Å². The number of hydrogen-bond acceptors (Lipinski definition) is 3. The van der Waals surface area contributed by atoms with Gasteiger partial charge in [-0.1, -0.05) is 19.9 Å². The van der Waals surface area contributed by atoms with Gasteiger partial charge in [0.15, 0.2) is 0 Å². The molecule has 5 nitrogen and oxygen atoms in total. The number of carbonyl (C=O) groups excluding carboxylic acids is 1. The van der Waals surface area contributed by atoms with Crippen molar-refractivity contribution in [1.82, 2.24) is 5.32 Å². The van der Waals surface area contributed by atoms with Crippen molar-refractivity contribution in [3.63, 3.8) is 0 Å². The predicted octanol–water partition coefficient (Wildman–Crippen LogP) is 1.50. The predicted molar refractivity (Wildman–Crippen MR) is 69.2 cm³/mol. The summed E-state index contributed by atoms with van der Waals surface area (Å²) in [6, 6.07) is 5.56. The smallest absolute Gasteiger partial charge is 0.326 e. The highest BCUT2D eigenvalue weighted by molar-refractivity contribution is 5.97. The van der Waals surface area contributed by atoms with Crippen LogP contribution in [0.5, 0.6) is 0 Å². The molecular formula is C13H18N2O3. The first-order chi connectivity index (χ1) is 8.40. The zero-order valence-electron chi connectivity index (χ0n) is 10.5. The first-order valence-electron chi connectivity index (χ1n) is 5.79. The van der Waals surface area contributed by atoms with Gasteiger partial charge in [-0.05, 0) is 30.5 Å². The number of carboxylic acids is 1. The van der Waals surface area contributed by atoms with Gasteiger partial charge in [-0.3, -0.25) is 4.79 Å². The maximum absolute atomic E-state index is 11.9. The minimum absolute atomic E-state index is 0.187. The topological polar surface area (TPSA) is 92.4 Å². The first kappa shape index (κ1) is 14.0. The number of carbonyl (C=O) groups is 2. The fraction of sp³-hybridized carbons (Fsp3) is 0.385. The van der Waals surface area contributed by atoms with Crippen molar-refractivity contribution >= 4 is 17.6 Å². The van der Waals surface area contributed by atoms with E-state index in [1.54, 1.807) is 18.2 Å². The minimum Gasteiger partial charge on any atom is -0.480 e. The molecule has 0 aliphatic carbocycles. The molecule has 1 rings (SSSR count). The molecule has 5 heteroatoms. The molecule has 1 atom stereocenters. The molecule has 0 saturated heterocycles. The zero-order chi connectivity index (χ0) is 13.7. The maximum atomic E-state index is 11.9. The molecule has 0 aromatic heterocycles. The van der Waals surface area contributed by atoms with Crippen molar-refractivity contribution in [3.05, 3.63) is 29.8 Å². The molecule has 0 aliphatic rings. The Morgan fingerprint density at radius 2 is 2.06 bits per heavy atom. The van der Waals surface area contributed by atoms with Crippen molar-refractivity contribution in [3.8, 4) is 0 Å². The second-order valence-electron chi connectivity index (χ2n) is 4.62. The molecule has 0 aliphatic heterocycles. The second-order valence-corrected chi connectivity index (χ2v) is 4.62. The molecule has 1 aromatic carbocycles. The van der Waals surface area contributed by atoms with Crippen molar-refractivity contribution in [2.24, 2.45) is 5.92 Å². The van der Waals surface area contributed by atoms with Crippen LogP contribution in [0.3, 0.4) is 0 Å². The fourth-order valence-electron chi connectivity index (χ4n) is 1.61. The number of benzene rings is 1. The van der Waals surface area contributed by atoms with Crippen LogP contribution in [0, 0.1) is 5.92 Å². The first-order valence-corrected chi connectivity index (χ1v) is 5.79. The Balaban J connectivity index is 2.75.